The van der Waals surface area contributed by atoms with Crippen LogP contribution in [0.4, 0.5) is 0 Å². The maximum absolute atomic E-state index is 5.58. The average Bonchev–Trinajstić information content (AvgIpc) is 3.12. The van der Waals surface area contributed by atoms with E-state index >= 15 is 0 Å². The van der Waals surface area contributed by atoms with Crippen LogP contribution in [0.3, 0.4) is 0 Å². The lowest BCUT2D eigenvalue weighted by Crippen LogP contribution is -2.12. The molecule has 1 heterocycles. The van der Waals surface area contributed by atoms with Crippen molar-refractivity contribution in [3.8, 4) is 11.4 Å². The molecule has 3 aromatic rings. The van der Waals surface area contributed by atoms with Gasteiger partial charge >= 0.3 is 0 Å². The van der Waals surface area contributed by atoms with E-state index in [4.69, 9.17) is 10.5 Å². The molecule has 0 fully saturated rings. The summed E-state index contributed by atoms with van der Waals surface area (Å²) in [4.78, 5) is 0. The van der Waals surface area contributed by atoms with Crippen LogP contribution in [0.2, 0.25) is 0 Å². The standard InChI is InChI=1S/C20H24N4O.2ClH/c1-25-20-4-2-3-19(11-20)24-15-18(14-23-24)13-22-12-17-7-5-16(6-8-17)9-10-21;;/h2-8,11,14-15,22H,9-10,12-13,21H2,1H3;2*1H. The number of hydrogen-bond donors (Lipinski definition) is 2. The van der Waals surface area contributed by atoms with Gasteiger partial charge in [-0.05, 0) is 36.2 Å². The molecule has 0 aliphatic rings. The Morgan fingerprint density at radius 2 is 1.70 bits per heavy atom. The third kappa shape index (κ3) is 6.56. The lowest BCUT2D eigenvalue weighted by atomic mass is 10.1. The first-order chi connectivity index (χ1) is 12.3. The van der Waals surface area contributed by atoms with E-state index < -0.39 is 0 Å². The van der Waals surface area contributed by atoms with E-state index in [0.29, 0.717) is 6.54 Å². The summed E-state index contributed by atoms with van der Waals surface area (Å²) in [7, 11) is 1.67. The minimum atomic E-state index is 0. The predicted molar refractivity (Wildman–Crippen MR) is 114 cm³/mol. The van der Waals surface area contributed by atoms with Gasteiger partial charge in [-0.15, -0.1) is 24.8 Å². The van der Waals surface area contributed by atoms with Crippen molar-refractivity contribution in [1.29, 1.82) is 0 Å². The fourth-order valence-electron chi connectivity index (χ4n) is 2.69. The number of hydrogen-bond acceptors (Lipinski definition) is 4. The van der Waals surface area contributed by atoms with E-state index in [9.17, 15) is 0 Å². The van der Waals surface area contributed by atoms with Crippen LogP contribution in [0.15, 0.2) is 60.9 Å². The van der Waals surface area contributed by atoms with Crippen molar-refractivity contribution in [3.05, 3.63) is 77.6 Å². The van der Waals surface area contributed by atoms with Crippen LogP contribution in [-0.4, -0.2) is 23.4 Å². The highest BCUT2D eigenvalue weighted by Gasteiger charge is 2.03. The van der Waals surface area contributed by atoms with Crippen LogP contribution in [0, 0.1) is 0 Å². The Balaban J connectivity index is 0.00000182. The molecule has 0 spiro atoms. The molecule has 0 unspecified atom stereocenters. The quantitative estimate of drug-likeness (QED) is 0.598. The second-order valence-electron chi connectivity index (χ2n) is 5.95. The Kier molecular flexibility index (Phi) is 9.89. The van der Waals surface area contributed by atoms with Crippen molar-refractivity contribution in [2.45, 2.75) is 19.5 Å². The molecule has 7 heteroatoms. The predicted octanol–water partition coefficient (Wildman–Crippen LogP) is 3.52. The molecule has 0 saturated carbocycles. The van der Waals surface area contributed by atoms with Crippen molar-refractivity contribution in [1.82, 2.24) is 15.1 Å². The van der Waals surface area contributed by atoms with Crippen LogP contribution < -0.4 is 15.8 Å². The van der Waals surface area contributed by atoms with Crippen molar-refractivity contribution >= 4 is 24.8 Å². The zero-order chi connectivity index (χ0) is 17.5. The maximum atomic E-state index is 5.58. The van der Waals surface area contributed by atoms with Gasteiger partial charge in [-0.3, -0.25) is 0 Å². The molecule has 0 saturated heterocycles. The molecule has 0 radical (unpaired) electrons. The van der Waals surface area contributed by atoms with Crippen molar-refractivity contribution in [3.63, 3.8) is 0 Å². The van der Waals surface area contributed by atoms with Gasteiger partial charge in [0.05, 0.1) is 19.0 Å². The topological polar surface area (TPSA) is 65.1 Å². The second kappa shape index (κ2) is 11.6. The first-order valence-corrected chi connectivity index (χ1v) is 8.45. The minimum absolute atomic E-state index is 0. The molecule has 1 aromatic heterocycles. The first-order valence-electron chi connectivity index (χ1n) is 8.45. The van der Waals surface area contributed by atoms with Gasteiger partial charge < -0.3 is 15.8 Å². The Bertz CT molecular complexity index is 806. The van der Waals surface area contributed by atoms with Gasteiger partial charge in [0.2, 0.25) is 0 Å². The van der Waals surface area contributed by atoms with E-state index in [1.807, 2.05) is 41.3 Å². The van der Waals surface area contributed by atoms with Crippen molar-refractivity contribution in [2.75, 3.05) is 13.7 Å². The molecule has 27 heavy (non-hydrogen) atoms. The average molecular weight is 409 g/mol. The van der Waals surface area contributed by atoms with Gasteiger partial charge in [0.1, 0.15) is 5.75 Å². The molecule has 146 valence electrons. The smallest absolute Gasteiger partial charge is 0.121 e. The van der Waals surface area contributed by atoms with E-state index in [-0.39, 0.29) is 24.8 Å². The summed E-state index contributed by atoms with van der Waals surface area (Å²) in [5.41, 5.74) is 10.3. The molecule has 5 nitrogen and oxygen atoms in total. The maximum Gasteiger partial charge on any atom is 0.121 e. The summed E-state index contributed by atoms with van der Waals surface area (Å²) in [6, 6.07) is 16.4. The molecule has 0 aliphatic heterocycles. The van der Waals surface area contributed by atoms with Crippen LogP contribution in [0.25, 0.3) is 5.69 Å². The molecule has 0 aliphatic carbocycles. The highest BCUT2D eigenvalue weighted by Crippen LogP contribution is 2.16. The fourth-order valence-corrected chi connectivity index (χ4v) is 2.69. The number of nitrogens with two attached hydrogens (primary N) is 1. The molecule has 3 N–H and O–H groups in total. The van der Waals surface area contributed by atoms with Gasteiger partial charge in [0.25, 0.3) is 0 Å². The third-order valence-corrected chi connectivity index (χ3v) is 4.07. The summed E-state index contributed by atoms with van der Waals surface area (Å²) in [6.45, 7) is 2.29. The number of benzene rings is 2. The summed E-state index contributed by atoms with van der Waals surface area (Å²) in [5, 5.41) is 7.88. The number of methoxy groups -OCH3 is 1. The molecule has 0 atom stereocenters. The van der Waals surface area contributed by atoms with Crippen LogP contribution in [0.5, 0.6) is 5.75 Å². The largest absolute Gasteiger partial charge is 0.497 e. The van der Waals surface area contributed by atoms with E-state index in [1.165, 1.54) is 11.1 Å². The molecular weight excluding hydrogens is 383 g/mol. The number of rotatable bonds is 8. The Morgan fingerprint density at radius 1 is 1.00 bits per heavy atom. The molecule has 2 aromatic carbocycles. The molecular formula is C20H26Cl2N4O. The SMILES string of the molecule is COc1cccc(-n2cc(CNCc3ccc(CCN)cc3)cn2)c1.Cl.Cl. The fraction of sp³-hybridized carbons (Fsp3) is 0.250. The van der Waals surface area contributed by atoms with Crippen molar-refractivity contribution < 1.29 is 4.74 Å². The number of ether oxygens (including phenoxy) is 1. The summed E-state index contributed by atoms with van der Waals surface area (Å²) in [6.07, 6.45) is 4.85. The number of halogens is 2. The zero-order valence-corrected chi connectivity index (χ0v) is 16.9. The van der Waals surface area contributed by atoms with E-state index in [2.05, 4.69) is 34.7 Å². The Labute approximate surface area is 172 Å². The lowest BCUT2D eigenvalue weighted by molar-refractivity contribution is 0.414. The van der Waals surface area contributed by atoms with Crippen LogP contribution >= 0.6 is 24.8 Å². The molecule has 0 amide bonds. The lowest BCUT2D eigenvalue weighted by Gasteiger charge is -2.05. The highest BCUT2D eigenvalue weighted by atomic mass is 35.5. The van der Waals surface area contributed by atoms with Gasteiger partial charge in [-0.25, -0.2) is 4.68 Å². The van der Waals surface area contributed by atoms with Crippen LogP contribution in [-0.2, 0) is 19.5 Å². The zero-order valence-electron chi connectivity index (χ0n) is 15.3. The highest BCUT2D eigenvalue weighted by molar-refractivity contribution is 5.85. The number of aromatic nitrogens is 2. The first kappa shape index (κ1) is 23.0. The van der Waals surface area contributed by atoms with Crippen molar-refractivity contribution in [2.24, 2.45) is 5.73 Å². The second-order valence-corrected chi connectivity index (χ2v) is 5.95. The molecule has 3 rings (SSSR count). The molecule has 0 bridgehead atoms. The summed E-state index contributed by atoms with van der Waals surface area (Å²) in [5.74, 6) is 0.825. The number of nitrogens with zero attached hydrogens (tertiary/aromatic N) is 2. The van der Waals surface area contributed by atoms with Gasteiger partial charge in [-0.1, -0.05) is 30.3 Å². The van der Waals surface area contributed by atoms with E-state index in [0.717, 1.165) is 36.5 Å². The van der Waals surface area contributed by atoms with Gasteiger partial charge in [0, 0.05) is 30.9 Å². The summed E-state index contributed by atoms with van der Waals surface area (Å²) >= 11 is 0. The van der Waals surface area contributed by atoms with Crippen LogP contribution in [0.1, 0.15) is 16.7 Å². The Hall–Kier alpha value is -2.05. The normalized spacial score (nSPS) is 10.0. The summed E-state index contributed by atoms with van der Waals surface area (Å²) < 4.78 is 7.12. The minimum Gasteiger partial charge on any atom is -0.497 e. The number of nitrogens with one attached hydrogen (secondary N) is 1. The monoisotopic (exact) mass is 408 g/mol. The van der Waals surface area contributed by atoms with E-state index in [1.54, 1.807) is 7.11 Å². The van der Waals surface area contributed by atoms with Gasteiger partial charge in [-0.2, -0.15) is 5.10 Å². The van der Waals surface area contributed by atoms with Gasteiger partial charge in [0.15, 0.2) is 0 Å². The Morgan fingerprint density at radius 3 is 2.41 bits per heavy atom. The third-order valence-electron chi connectivity index (χ3n) is 4.07.